The van der Waals surface area contributed by atoms with E-state index in [0.717, 1.165) is 52.5 Å². The van der Waals surface area contributed by atoms with Crippen molar-refractivity contribution >= 4 is 54.8 Å². The van der Waals surface area contributed by atoms with Crippen LogP contribution in [0.15, 0.2) is 204 Å². The summed E-state index contributed by atoms with van der Waals surface area (Å²) in [7, 11) is 0. The summed E-state index contributed by atoms with van der Waals surface area (Å²) in [4.78, 5) is 5.88. The Hall–Kier alpha value is -7.29. The first-order chi connectivity index (χ1) is 31.4. The van der Waals surface area contributed by atoms with E-state index in [0.29, 0.717) is 0 Å². The van der Waals surface area contributed by atoms with Gasteiger partial charge in [0.1, 0.15) is 11.2 Å². The molecule has 0 amide bonds. The summed E-state index contributed by atoms with van der Waals surface area (Å²) in [6, 6.07) is 69.1. The molecule has 308 valence electrons. The molecular formula is C62H49NO. The van der Waals surface area contributed by atoms with E-state index < -0.39 is 0 Å². The molecule has 1 aliphatic carbocycles. The van der Waals surface area contributed by atoms with E-state index in [9.17, 15) is 0 Å². The molecule has 2 unspecified atom stereocenters. The van der Waals surface area contributed by atoms with Crippen LogP contribution in [-0.2, 0) is 5.41 Å². The van der Waals surface area contributed by atoms with Gasteiger partial charge in [0.2, 0.25) is 0 Å². The summed E-state index contributed by atoms with van der Waals surface area (Å²) < 4.78 is 6.79. The van der Waals surface area contributed by atoms with Gasteiger partial charge in [-0.3, -0.25) is 4.99 Å². The molecule has 10 aromatic rings. The average Bonchev–Trinajstić information content (AvgIpc) is 3.82. The normalized spacial score (nSPS) is 18.5. The van der Waals surface area contributed by atoms with Gasteiger partial charge in [0.15, 0.2) is 0 Å². The number of benzene rings is 9. The minimum atomic E-state index is -0.0571. The molecule has 1 aliphatic heterocycles. The largest absolute Gasteiger partial charge is 0.456 e. The lowest BCUT2D eigenvalue weighted by molar-refractivity contribution is 0.519. The van der Waals surface area contributed by atoms with Crippen molar-refractivity contribution in [3.63, 3.8) is 0 Å². The summed E-state index contributed by atoms with van der Waals surface area (Å²) in [5.74, 6) is 0.198. The van der Waals surface area contributed by atoms with Gasteiger partial charge in [-0.25, -0.2) is 0 Å². The molecule has 0 radical (unpaired) electrons. The van der Waals surface area contributed by atoms with Crippen LogP contribution in [0.1, 0.15) is 73.9 Å². The molecule has 12 rings (SSSR count). The summed E-state index contributed by atoms with van der Waals surface area (Å²) in [5, 5.41) is 7.22. The molecule has 2 nitrogen and oxygen atoms in total. The standard InChI is InChI=1S/C62H49NO/c1-4-47-48(46-31-33-51-50-20-12-13-23-55(50)62(2,3)56(51)37-46)22-14-24-57(63-61(47)42-16-6-5-7-17-42)53-38-59-60(52-21-11-10-19-49(52)53)54-36-45(32-34-58(54)64-59)41-27-25-40(26-28-41)44-30-29-39-15-8-9-18-43(39)35-44/h5-13,15-23,25-38,47,61H,4,14,24H2,1-3H3/b48-22-,63-57+. The Labute approximate surface area is 375 Å². The molecule has 2 aliphatic rings. The molecule has 0 saturated heterocycles. The first-order valence-electron chi connectivity index (χ1n) is 23.0. The van der Waals surface area contributed by atoms with Crippen molar-refractivity contribution in [2.24, 2.45) is 10.9 Å². The van der Waals surface area contributed by atoms with Crippen LogP contribution in [0.5, 0.6) is 0 Å². The quantitative estimate of drug-likeness (QED) is 0.164. The Balaban J connectivity index is 0.936. The SMILES string of the molecule is CCC1/C(c2ccc3c(c2)C(C)(C)c2ccccc2-3)=C\CC/C(c2cc3oc4ccc(-c5ccc(-c6ccc7ccccc7c6)cc5)cc4c3c3ccccc23)=N\C1c1ccccc1. The average molecular weight is 824 g/mol. The van der Waals surface area contributed by atoms with Crippen molar-refractivity contribution in [2.45, 2.75) is 51.5 Å². The fourth-order valence-corrected chi connectivity index (χ4v) is 11.1. The summed E-state index contributed by atoms with van der Waals surface area (Å²) in [5.41, 5.74) is 18.4. The van der Waals surface area contributed by atoms with Gasteiger partial charge in [0.05, 0.1) is 6.04 Å². The van der Waals surface area contributed by atoms with Gasteiger partial charge in [-0.05, 0) is 132 Å². The number of hydrogen-bond donors (Lipinski definition) is 0. The fraction of sp³-hybridized carbons (Fsp3) is 0.145. The molecule has 1 aromatic heterocycles. The van der Waals surface area contributed by atoms with Crippen LogP contribution in [0.4, 0.5) is 0 Å². The van der Waals surface area contributed by atoms with Crippen molar-refractivity contribution in [3.8, 4) is 33.4 Å². The Kier molecular flexibility index (Phi) is 9.12. The molecule has 0 saturated carbocycles. The highest BCUT2D eigenvalue weighted by molar-refractivity contribution is 6.24. The van der Waals surface area contributed by atoms with Crippen LogP contribution >= 0.6 is 0 Å². The molecule has 0 bridgehead atoms. The first kappa shape index (κ1) is 38.4. The van der Waals surface area contributed by atoms with Crippen molar-refractivity contribution in [1.29, 1.82) is 0 Å². The predicted octanol–water partition coefficient (Wildman–Crippen LogP) is 17.0. The third-order valence-corrected chi connectivity index (χ3v) is 14.4. The molecule has 2 heteroatoms. The second kappa shape index (κ2) is 15.2. The first-order valence-corrected chi connectivity index (χ1v) is 23.0. The maximum absolute atomic E-state index is 6.79. The van der Waals surface area contributed by atoms with Gasteiger partial charge in [0, 0.05) is 33.4 Å². The second-order valence-electron chi connectivity index (χ2n) is 18.4. The predicted molar refractivity (Wildman–Crippen MR) is 270 cm³/mol. The number of aliphatic imine (C=N–C) groups is 1. The van der Waals surface area contributed by atoms with E-state index in [1.54, 1.807) is 0 Å². The number of furan rings is 1. The summed E-state index contributed by atoms with van der Waals surface area (Å²) >= 11 is 0. The lowest BCUT2D eigenvalue weighted by Gasteiger charge is -2.30. The van der Waals surface area contributed by atoms with Crippen LogP contribution in [0.25, 0.3) is 82.4 Å². The van der Waals surface area contributed by atoms with Crippen LogP contribution < -0.4 is 0 Å². The Morgan fingerprint density at radius 2 is 1.17 bits per heavy atom. The van der Waals surface area contributed by atoms with E-state index in [4.69, 9.17) is 9.41 Å². The molecule has 2 atom stereocenters. The Morgan fingerprint density at radius 1 is 0.516 bits per heavy atom. The number of rotatable bonds is 6. The van der Waals surface area contributed by atoms with Crippen molar-refractivity contribution in [1.82, 2.24) is 0 Å². The monoisotopic (exact) mass is 823 g/mol. The van der Waals surface area contributed by atoms with Gasteiger partial charge in [0.25, 0.3) is 0 Å². The van der Waals surface area contributed by atoms with Crippen LogP contribution in [0, 0.1) is 5.92 Å². The Bertz CT molecular complexity index is 3510. The molecule has 2 heterocycles. The van der Waals surface area contributed by atoms with Gasteiger partial charge >= 0.3 is 0 Å². The fourth-order valence-electron chi connectivity index (χ4n) is 11.1. The van der Waals surface area contributed by atoms with E-state index >= 15 is 0 Å². The smallest absolute Gasteiger partial charge is 0.136 e. The van der Waals surface area contributed by atoms with Gasteiger partial charge in [-0.1, -0.05) is 185 Å². The van der Waals surface area contributed by atoms with Crippen LogP contribution in [0.3, 0.4) is 0 Å². The lowest BCUT2D eigenvalue weighted by atomic mass is 9.77. The molecule has 64 heavy (non-hydrogen) atoms. The van der Waals surface area contributed by atoms with Gasteiger partial charge in [-0.2, -0.15) is 0 Å². The number of nitrogens with zero attached hydrogens (tertiary/aromatic N) is 1. The molecule has 9 aromatic carbocycles. The maximum Gasteiger partial charge on any atom is 0.136 e. The maximum atomic E-state index is 6.79. The zero-order valence-electron chi connectivity index (χ0n) is 36.6. The topological polar surface area (TPSA) is 25.5 Å². The molecule has 0 spiro atoms. The third-order valence-electron chi connectivity index (χ3n) is 14.4. The Morgan fingerprint density at radius 3 is 1.98 bits per heavy atom. The molecule has 0 fully saturated rings. The zero-order chi connectivity index (χ0) is 42.9. The number of hydrogen-bond acceptors (Lipinski definition) is 2. The van der Waals surface area contributed by atoms with Gasteiger partial charge in [-0.15, -0.1) is 0 Å². The van der Waals surface area contributed by atoms with Crippen molar-refractivity contribution < 1.29 is 4.42 Å². The van der Waals surface area contributed by atoms with Crippen molar-refractivity contribution in [2.75, 3.05) is 0 Å². The summed E-state index contributed by atoms with van der Waals surface area (Å²) in [6.07, 6.45) is 5.25. The highest BCUT2D eigenvalue weighted by Crippen LogP contribution is 2.51. The minimum Gasteiger partial charge on any atom is -0.456 e. The van der Waals surface area contributed by atoms with E-state index in [1.165, 1.54) is 82.8 Å². The summed E-state index contributed by atoms with van der Waals surface area (Å²) in [6.45, 7) is 7.09. The van der Waals surface area contributed by atoms with Crippen LogP contribution in [-0.4, -0.2) is 5.71 Å². The third kappa shape index (κ3) is 6.27. The minimum absolute atomic E-state index is 0.0495. The molecular weight excluding hydrogens is 775 g/mol. The number of allylic oxidation sites excluding steroid dienone is 1. The lowest BCUT2D eigenvalue weighted by Crippen LogP contribution is -2.19. The van der Waals surface area contributed by atoms with Gasteiger partial charge < -0.3 is 4.42 Å². The van der Waals surface area contributed by atoms with E-state index in [1.807, 2.05) is 0 Å². The number of fused-ring (bicyclic) bond motifs is 9. The zero-order valence-corrected chi connectivity index (χ0v) is 36.6. The van der Waals surface area contributed by atoms with Crippen molar-refractivity contribution in [3.05, 3.63) is 222 Å². The molecule has 0 N–H and O–H groups in total. The highest BCUT2D eigenvalue weighted by Gasteiger charge is 2.36. The van der Waals surface area contributed by atoms with Crippen LogP contribution in [0.2, 0.25) is 0 Å². The van der Waals surface area contributed by atoms with E-state index in [-0.39, 0.29) is 17.4 Å². The second-order valence-corrected chi connectivity index (χ2v) is 18.4. The van der Waals surface area contributed by atoms with E-state index in [2.05, 4.69) is 215 Å². The highest BCUT2D eigenvalue weighted by atomic mass is 16.3.